The molecule has 0 bridgehead atoms. The molecule has 10 heteroatoms. The zero-order valence-electron chi connectivity index (χ0n) is 14.6. The van der Waals surface area contributed by atoms with Gasteiger partial charge in [-0.1, -0.05) is 17.3 Å². The second-order valence-electron chi connectivity index (χ2n) is 5.86. The normalized spacial score (nSPS) is 11.2. The van der Waals surface area contributed by atoms with E-state index in [0.717, 1.165) is 11.1 Å². The van der Waals surface area contributed by atoms with Gasteiger partial charge in [-0.2, -0.15) is 5.10 Å². The fourth-order valence-electron chi connectivity index (χ4n) is 2.94. The molecule has 0 aliphatic carbocycles. The minimum Gasteiger partial charge on any atom is -0.494 e. The number of fused-ring (bicyclic) bond motifs is 1. The maximum absolute atomic E-state index is 9.12. The van der Waals surface area contributed by atoms with Crippen LogP contribution in [0.4, 0.5) is 5.95 Å². The second kappa shape index (κ2) is 7.00. The molecule has 0 saturated carbocycles. The molecule has 138 valence electrons. The van der Waals surface area contributed by atoms with Crippen molar-refractivity contribution in [3.63, 3.8) is 0 Å². The first-order valence-corrected chi connectivity index (χ1v) is 8.32. The number of benzene rings is 1. The van der Waals surface area contributed by atoms with E-state index in [0.29, 0.717) is 35.7 Å². The molecule has 4 rings (SSSR count). The average Bonchev–Trinajstić information content (AvgIpc) is 3.31. The fourth-order valence-corrected chi connectivity index (χ4v) is 2.94. The quantitative estimate of drug-likeness (QED) is 0.510. The van der Waals surface area contributed by atoms with Gasteiger partial charge in [0.15, 0.2) is 0 Å². The third-order valence-electron chi connectivity index (χ3n) is 4.15. The Hall–Kier alpha value is -3.53. The summed E-state index contributed by atoms with van der Waals surface area (Å²) in [6.07, 6.45) is 3.48. The number of hydrogen-bond donors (Lipinski definition) is 2. The van der Waals surface area contributed by atoms with Crippen molar-refractivity contribution in [2.45, 2.75) is 13.1 Å². The Morgan fingerprint density at radius 3 is 2.93 bits per heavy atom. The summed E-state index contributed by atoms with van der Waals surface area (Å²) in [7, 11) is 1.58. The van der Waals surface area contributed by atoms with Gasteiger partial charge in [-0.05, 0) is 12.1 Å². The summed E-state index contributed by atoms with van der Waals surface area (Å²) < 4.78 is 8.78. The van der Waals surface area contributed by atoms with Gasteiger partial charge in [0.2, 0.25) is 5.95 Å². The number of hydrogen-bond acceptors (Lipinski definition) is 8. The van der Waals surface area contributed by atoms with Gasteiger partial charge >= 0.3 is 0 Å². The molecule has 0 saturated heterocycles. The minimum atomic E-state index is 0.0192. The van der Waals surface area contributed by atoms with Crippen LogP contribution in [-0.4, -0.2) is 53.6 Å². The topological polar surface area (TPSA) is 130 Å². The minimum absolute atomic E-state index is 0.0192. The van der Waals surface area contributed by atoms with Crippen LogP contribution in [0, 0.1) is 0 Å². The smallest absolute Gasteiger partial charge is 0.221 e. The van der Waals surface area contributed by atoms with Gasteiger partial charge in [0.05, 0.1) is 38.7 Å². The number of para-hydroxylation sites is 1. The molecule has 0 aliphatic heterocycles. The van der Waals surface area contributed by atoms with Crippen molar-refractivity contribution in [3.05, 3.63) is 42.4 Å². The highest BCUT2D eigenvalue weighted by Gasteiger charge is 2.15. The molecule has 3 N–H and O–H groups in total. The monoisotopic (exact) mass is 366 g/mol. The zero-order valence-corrected chi connectivity index (χ0v) is 14.6. The van der Waals surface area contributed by atoms with Crippen LogP contribution in [-0.2, 0) is 13.1 Å². The predicted molar refractivity (Wildman–Crippen MR) is 97.9 cm³/mol. The highest BCUT2D eigenvalue weighted by molar-refractivity contribution is 5.95. The predicted octanol–water partition coefficient (Wildman–Crippen LogP) is 0.716. The van der Waals surface area contributed by atoms with Crippen molar-refractivity contribution < 1.29 is 9.84 Å². The Labute approximate surface area is 154 Å². The Bertz CT molecular complexity index is 1090. The third-order valence-corrected chi connectivity index (χ3v) is 4.15. The van der Waals surface area contributed by atoms with Gasteiger partial charge in [-0.25, -0.2) is 14.6 Å². The number of nitrogens with two attached hydrogens (primary N) is 1. The van der Waals surface area contributed by atoms with E-state index in [1.807, 2.05) is 24.3 Å². The van der Waals surface area contributed by atoms with Gasteiger partial charge < -0.3 is 15.6 Å². The lowest BCUT2D eigenvalue weighted by Gasteiger charge is -2.07. The lowest BCUT2D eigenvalue weighted by atomic mass is 10.1. The lowest BCUT2D eigenvalue weighted by molar-refractivity contribution is 0.266. The van der Waals surface area contributed by atoms with Crippen molar-refractivity contribution in [1.82, 2.24) is 34.7 Å². The van der Waals surface area contributed by atoms with E-state index in [-0.39, 0.29) is 12.6 Å². The molecular formula is C17H18N8O2. The van der Waals surface area contributed by atoms with Crippen molar-refractivity contribution >= 4 is 16.9 Å². The standard InChI is InChI=1S/C17H18N8O2/c1-27-14-4-2-3-12-15(20-17(18)21-16(12)14)13-10-24(23-22-13)9-11-5-6-19-25(11)7-8-26/h2-6,10,26H,7-9H2,1H3,(H2,18,20,21). The van der Waals surface area contributed by atoms with Crippen LogP contribution in [0.15, 0.2) is 36.7 Å². The Kier molecular flexibility index (Phi) is 4.38. The van der Waals surface area contributed by atoms with Crippen LogP contribution >= 0.6 is 0 Å². The summed E-state index contributed by atoms with van der Waals surface area (Å²) >= 11 is 0. The number of ether oxygens (including phenoxy) is 1. The molecule has 3 aromatic heterocycles. The van der Waals surface area contributed by atoms with Gasteiger partial charge in [-0.15, -0.1) is 5.10 Å². The van der Waals surface area contributed by atoms with Crippen molar-refractivity contribution in [2.75, 3.05) is 19.5 Å². The maximum Gasteiger partial charge on any atom is 0.221 e. The third kappa shape index (κ3) is 3.17. The summed E-state index contributed by atoms with van der Waals surface area (Å²) in [6.45, 7) is 0.914. The Morgan fingerprint density at radius 1 is 1.22 bits per heavy atom. The molecule has 0 fully saturated rings. The number of rotatable bonds is 6. The molecule has 0 aliphatic rings. The summed E-state index contributed by atoms with van der Waals surface area (Å²) in [5.74, 6) is 0.751. The van der Waals surface area contributed by atoms with Crippen LogP contribution in [0.25, 0.3) is 22.3 Å². The molecule has 0 atom stereocenters. The summed E-state index contributed by atoms with van der Waals surface area (Å²) in [4.78, 5) is 8.63. The second-order valence-corrected chi connectivity index (χ2v) is 5.86. The van der Waals surface area contributed by atoms with Gasteiger partial charge in [0.1, 0.15) is 22.7 Å². The molecule has 4 aromatic rings. The van der Waals surface area contributed by atoms with Crippen LogP contribution in [0.2, 0.25) is 0 Å². The first-order valence-electron chi connectivity index (χ1n) is 8.32. The van der Waals surface area contributed by atoms with Gasteiger partial charge in [0.25, 0.3) is 0 Å². The number of aliphatic hydroxyl groups is 1. The summed E-state index contributed by atoms with van der Waals surface area (Å²) in [5, 5.41) is 22.5. The molecular weight excluding hydrogens is 348 g/mol. The molecule has 3 heterocycles. The van der Waals surface area contributed by atoms with E-state index in [4.69, 9.17) is 15.6 Å². The SMILES string of the molecule is COc1cccc2c(-c3cn(Cc4ccnn4CCO)nn3)nc(N)nc12. The van der Waals surface area contributed by atoms with E-state index in [2.05, 4.69) is 25.4 Å². The van der Waals surface area contributed by atoms with E-state index in [1.54, 1.807) is 28.9 Å². The molecule has 0 spiro atoms. The van der Waals surface area contributed by atoms with Crippen LogP contribution in [0.1, 0.15) is 5.69 Å². The molecule has 0 unspecified atom stereocenters. The highest BCUT2D eigenvalue weighted by Crippen LogP contribution is 2.30. The average molecular weight is 366 g/mol. The molecule has 10 nitrogen and oxygen atoms in total. The lowest BCUT2D eigenvalue weighted by Crippen LogP contribution is -2.11. The van der Waals surface area contributed by atoms with E-state index in [9.17, 15) is 0 Å². The zero-order chi connectivity index (χ0) is 18.8. The molecule has 1 aromatic carbocycles. The first kappa shape index (κ1) is 16.9. The summed E-state index contributed by atoms with van der Waals surface area (Å²) in [5.41, 5.74) is 8.59. The molecule has 0 radical (unpaired) electrons. The van der Waals surface area contributed by atoms with Crippen molar-refractivity contribution in [1.29, 1.82) is 0 Å². The first-order chi connectivity index (χ1) is 13.2. The molecule has 0 amide bonds. The van der Waals surface area contributed by atoms with Gasteiger partial charge in [0, 0.05) is 11.6 Å². The van der Waals surface area contributed by atoms with E-state index in [1.165, 1.54) is 0 Å². The fraction of sp³-hybridized carbons (Fsp3) is 0.235. The highest BCUT2D eigenvalue weighted by atomic mass is 16.5. The van der Waals surface area contributed by atoms with Crippen LogP contribution < -0.4 is 10.5 Å². The van der Waals surface area contributed by atoms with E-state index < -0.39 is 0 Å². The maximum atomic E-state index is 9.12. The van der Waals surface area contributed by atoms with Gasteiger partial charge in [-0.3, -0.25) is 4.68 Å². The number of nitrogens with zero attached hydrogens (tertiary/aromatic N) is 7. The number of aromatic nitrogens is 7. The number of aliphatic hydroxyl groups excluding tert-OH is 1. The van der Waals surface area contributed by atoms with E-state index >= 15 is 0 Å². The van der Waals surface area contributed by atoms with Crippen LogP contribution in [0.5, 0.6) is 5.75 Å². The summed E-state index contributed by atoms with van der Waals surface area (Å²) in [6, 6.07) is 7.45. The number of anilines is 1. The molecule has 27 heavy (non-hydrogen) atoms. The Balaban J connectivity index is 1.72. The van der Waals surface area contributed by atoms with Crippen molar-refractivity contribution in [3.8, 4) is 17.1 Å². The number of nitrogen functional groups attached to an aromatic ring is 1. The van der Waals surface area contributed by atoms with Crippen LogP contribution in [0.3, 0.4) is 0 Å². The largest absolute Gasteiger partial charge is 0.494 e. The Morgan fingerprint density at radius 2 is 2.11 bits per heavy atom. The number of methoxy groups -OCH3 is 1. The van der Waals surface area contributed by atoms with Crippen molar-refractivity contribution in [2.24, 2.45) is 0 Å².